The molecule has 1 fully saturated rings. The quantitative estimate of drug-likeness (QED) is 0.237. The summed E-state index contributed by atoms with van der Waals surface area (Å²) in [7, 11) is -1.16. The Balaban J connectivity index is 1.53. The van der Waals surface area contributed by atoms with Crippen LogP contribution >= 0.6 is 0 Å². The number of hydrogen-bond donors (Lipinski definition) is 1. The lowest BCUT2D eigenvalue weighted by Crippen LogP contribution is -2.27. The molecule has 1 aliphatic carbocycles. The minimum atomic E-state index is -1.16. The van der Waals surface area contributed by atoms with Crippen molar-refractivity contribution in [2.45, 2.75) is 77.5 Å². The molecule has 1 amide bonds. The Morgan fingerprint density at radius 3 is 2.61 bits per heavy atom. The number of ether oxygens (including phenoxy) is 3. The van der Waals surface area contributed by atoms with Crippen molar-refractivity contribution in [1.29, 1.82) is 0 Å². The summed E-state index contributed by atoms with van der Waals surface area (Å²) < 4.78 is 34.1. The molecule has 3 aromatic rings. The predicted molar refractivity (Wildman–Crippen MR) is 142 cm³/mol. The van der Waals surface area contributed by atoms with Gasteiger partial charge in [0.15, 0.2) is 5.82 Å². The van der Waals surface area contributed by atoms with Gasteiger partial charge in [-0.1, -0.05) is 19.6 Å². The second kappa shape index (κ2) is 10.2. The Bertz CT molecular complexity index is 1240. The van der Waals surface area contributed by atoms with Crippen LogP contribution in [0, 0.1) is 5.82 Å². The number of benzene rings is 1. The van der Waals surface area contributed by atoms with Gasteiger partial charge >= 0.3 is 6.09 Å². The van der Waals surface area contributed by atoms with Crippen LogP contribution in [0.25, 0.3) is 11.0 Å². The molecule has 36 heavy (non-hydrogen) atoms. The summed E-state index contributed by atoms with van der Waals surface area (Å²) in [6, 6.07) is 7.25. The van der Waals surface area contributed by atoms with Crippen LogP contribution in [0.2, 0.25) is 25.7 Å². The molecule has 0 saturated heterocycles. The van der Waals surface area contributed by atoms with E-state index in [1.165, 1.54) is 17.7 Å². The van der Waals surface area contributed by atoms with Gasteiger partial charge in [0.2, 0.25) is 0 Å². The highest BCUT2D eigenvalue weighted by Gasteiger charge is 2.29. The van der Waals surface area contributed by atoms with Crippen molar-refractivity contribution in [2.75, 3.05) is 11.9 Å². The molecule has 194 valence electrons. The SMILES string of the molecule is CC(C)(C)OC(=O)Nc1ccc(Oc2ccnc3c2c(C2CC2)cn3COCC[Si](C)(C)C)cc1F. The summed E-state index contributed by atoms with van der Waals surface area (Å²) in [6.07, 6.45) is 5.36. The first kappa shape index (κ1) is 26.2. The van der Waals surface area contributed by atoms with Gasteiger partial charge in [-0.2, -0.15) is 0 Å². The fourth-order valence-electron chi connectivity index (χ4n) is 3.85. The Hall–Kier alpha value is -2.91. The predicted octanol–water partition coefficient (Wildman–Crippen LogP) is 7.50. The first-order valence-corrected chi connectivity index (χ1v) is 16.1. The maximum Gasteiger partial charge on any atom is 0.412 e. The molecule has 0 aliphatic heterocycles. The molecule has 9 heteroatoms. The van der Waals surface area contributed by atoms with Crippen molar-refractivity contribution in [3.8, 4) is 11.5 Å². The molecular formula is C27H36FN3O4Si. The van der Waals surface area contributed by atoms with Crippen LogP contribution in [0.5, 0.6) is 11.5 Å². The molecule has 1 N–H and O–H groups in total. The van der Waals surface area contributed by atoms with Crippen molar-refractivity contribution in [3.63, 3.8) is 0 Å². The van der Waals surface area contributed by atoms with Gasteiger partial charge in [-0.15, -0.1) is 0 Å². The maximum absolute atomic E-state index is 14.8. The average molecular weight is 514 g/mol. The van der Waals surface area contributed by atoms with Gasteiger partial charge in [-0.3, -0.25) is 5.32 Å². The highest BCUT2D eigenvalue weighted by molar-refractivity contribution is 6.76. The third kappa shape index (κ3) is 6.85. The Morgan fingerprint density at radius 2 is 1.97 bits per heavy atom. The van der Waals surface area contributed by atoms with E-state index < -0.39 is 25.6 Å². The summed E-state index contributed by atoms with van der Waals surface area (Å²) in [5.41, 5.74) is 1.33. The Morgan fingerprint density at radius 1 is 1.22 bits per heavy atom. The molecule has 0 spiro atoms. The van der Waals surface area contributed by atoms with E-state index in [9.17, 15) is 9.18 Å². The van der Waals surface area contributed by atoms with Gasteiger partial charge in [-0.25, -0.2) is 14.2 Å². The van der Waals surface area contributed by atoms with E-state index in [1.54, 1.807) is 39.1 Å². The minimum absolute atomic E-state index is 0.0248. The highest BCUT2D eigenvalue weighted by Crippen LogP contribution is 2.46. The van der Waals surface area contributed by atoms with Crippen LogP contribution in [0.15, 0.2) is 36.7 Å². The van der Waals surface area contributed by atoms with E-state index in [0.717, 1.165) is 36.5 Å². The summed E-state index contributed by atoms with van der Waals surface area (Å²) in [5, 5.41) is 3.38. The lowest BCUT2D eigenvalue weighted by molar-refractivity contribution is 0.0635. The number of nitrogens with zero attached hydrogens (tertiary/aromatic N) is 2. The van der Waals surface area contributed by atoms with Gasteiger partial charge in [0.25, 0.3) is 0 Å². The number of fused-ring (bicyclic) bond motifs is 1. The van der Waals surface area contributed by atoms with Gasteiger partial charge in [0.1, 0.15) is 29.5 Å². The normalized spacial score (nSPS) is 14.2. The van der Waals surface area contributed by atoms with E-state index in [-0.39, 0.29) is 5.69 Å². The van der Waals surface area contributed by atoms with Crippen LogP contribution < -0.4 is 10.1 Å². The number of halogens is 1. The first-order valence-electron chi connectivity index (χ1n) is 12.4. The Labute approximate surface area is 213 Å². The third-order valence-electron chi connectivity index (χ3n) is 5.80. The molecule has 7 nitrogen and oxygen atoms in total. The fourth-order valence-corrected chi connectivity index (χ4v) is 4.60. The average Bonchev–Trinajstić information content (AvgIpc) is 3.53. The van der Waals surface area contributed by atoms with Crippen LogP contribution in [-0.2, 0) is 16.2 Å². The number of nitrogens with one attached hydrogen (secondary N) is 1. The minimum Gasteiger partial charge on any atom is -0.456 e. The zero-order valence-electron chi connectivity index (χ0n) is 22.0. The zero-order chi connectivity index (χ0) is 26.1. The second-order valence-electron chi connectivity index (χ2n) is 11.6. The molecule has 0 unspecified atom stereocenters. The van der Waals surface area contributed by atoms with E-state index in [0.29, 0.717) is 24.1 Å². The Kier molecular flexibility index (Phi) is 7.42. The first-order chi connectivity index (χ1) is 16.9. The molecule has 1 aromatic carbocycles. The molecular weight excluding hydrogens is 477 g/mol. The van der Waals surface area contributed by atoms with Gasteiger partial charge in [0, 0.05) is 33.1 Å². The number of pyridine rings is 1. The molecule has 0 radical (unpaired) electrons. The lowest BCUT2D eigenvalue weighted by Gasteiger charge is -2.20. The van der Waals surface area contributed by atoms with Crippen molar-refractivity contribution in [3.05, 3.63) is 48.0 Å². The molecule has 1 saturated carbocycles. The molecule has 0 atom stereocenters. The number of carbonyl (C=O) groups excluding carboxylic acids is 1. The van der Waals surface area contributed by atoms with E-state index in [4.69, 9.17) is 14.2 Å². The summed E-state index contributed by atoms with van der Waals surface area (Å²) in [5.74, 6) is 0.810. The molecule has 4 rings (SSSR count). The largest absolute Gasteiger partial charge is 0.456 e. The van der Waals surface area contributed by atoms with E-state index >= 15 is 0 Å². The van der Waals surface area contributed by atoms with Gasteiger partial charge < -0.3 is 18.8 Å². The number of anilines is 1. The summed E-state index contributed by atoms with van der Waals surface area (Å²) in [6.45, 7) is 13.4. The summed E-state index contributed by atoms with van der Waals surface area (Å²) in [4.78, 5) is 16.6. The number of aromatic nitrogens is 2. The fraction of sp³-hybridized carbons (Fsp3) is 0.481. The standard InChI is InChI=1S/C27H36FN3O4Si/c1-27(2,3)35-26(32)30-22-10-9-19(15-21(22)28)34-23-11-12-29-25-24(23)20(18-7-8-18)16-31(25)17-33-13-14-36(4,5)6/h9-12,15-16,18H,7-8,13-14,17H2,1-6H3,(H,30,32). The zero-order valence-corrected chi connectivity index (χ0v) is 23.0. The van der Waals surface area contributed by atoms with Gasteiger partial charge in [0.05, 0.1) is 11.1 Å². The topological polar surface area (TPSA) is 74.6 Å². The van der Waals surface area contributed by atoms with E-state index in [1.807, 2.05) is 4.57 Å². The maximum atomic E-state index is 14.8. The third-order valence-corrected chi connectivity index (χ3v) is 7.50. The van der Waals surface area contributed by atoms with Crippen LogP contribution in [0.3, 0.4) is 0 Å². The van der Waals surface area contributed by atoms with E-state index in [2.05, 4.69) is 36.1 Å². The van der Waals surface area contributed by atoms with Crippen LogP contribution in [0.4, 0.5) is 14.9 Å². The number of hydrogen-bond acceptors (Lipinski definition) is 5. The van der Waals surface area contributed by atoms with Gasteiger partial charge in [-0.05, 0) is 69.3 Å². The summed E-state index contributed by atoms with van der Waals surface area (Å²) >= 11 is 0. The van der Waals surface area contributed by atoms with Crippen molar-refractivity contribution in [1.82, 2.24) is 9.55 Å². The molecule has 0 bridgehead atoms. The van der Waals surface area contributed by atoms with Crippen LogP contribution in [-0.4, -0.2) is 35.9 Å². The number of rotatable bonds is 9. The number of amides is 1. The lowest BCUT2D eigenvalue weighted by atomic mass is 10.1. The molecule has 2 aromatic heterocycles. The number of carbonyl (C=O) groups is 1. The smallest absolute Gasteiger partial charge is 0.412 e. The highest BCUT2D eigenvalue weighted by atomic mass is 28.3. The van der Waals surface area contributed by atoms with Crippen molar-refractivity contribution < 1.29 is 23.4 Å². The van der Waals surface area contributed by atoms with Crippen molar-refractivity contribution >= 4 is 30.9 Å². The monoisotopic (exact) mass is 513 g/mol. The van der Waals surface area contributed by atoms with Crippen LogP contribution in [0.1, 0.15) is 45.1 Å². The second-order valence-corrected chi connectivity index (χ2v) is 17.2. The van der Waals surface area contributed by atoms with Crippen molar-refractivity contribution in [2.24, 2.45) is 0 Å². The molecule has 2 heterocycles. The molecule has 1 aliphatic rings.